The normalized spacial score (nSPS) is 18.3. The van der Waals surface area contributed by atoms with E-state index in [2.05, 4.69) is 16.8 Å². The van der Waals surface area contributed by atoms with E-state index in [9.17, 15) is 5.11 Å². The van der Waals surface area contributed by atoms with Crippen molar-refractivity contribution in [3.63, 3.8) is 0 Å². The van der Waals surface area contributed by atoms with E-state index in [1.807, 2.05) is 19.2 Å². The maximum absolute atomic E-state index is 9.91. The van der Waals surface area contributed by atoms with Crippen LogP contribution in [0.2, 0.25) is 5.02 Å². The van der Waals surface area contributed by atoms with E-state index in [-0.39, 0.29) is 5.75 Å². The van der Waals surface area contributed by atoms with Gasteiger partial charge in [-0.25, -0.2) is 0 Å². The molecule has 2 rings (SSSR count). The molecule has 0 unspecified atom stereocenters. The van der Waals surface area contributed by atoms with Crippen molar-refractivity contribution < 1.29 is 5.11 Å². The molecule has 0 amide bonds. The summed E-state index contributed by atoms with van der Waals surface area (Å²) in [4.78, 5) is 4.50. The van der Waals surface area contributed by atoms with E-state index >= 15 is 0 Å². The highest BCUT2D eigenvalue weighted by molar-refractivity contribution is 6.30. The second-order valence-corrected chi connectivity index (χ2v) is 5.21. The topological polar surface area (TPSA) is 26.7 Å². The minimum atomic E-state index is 0.263. The molecule has 0 atom stereocenters. The lowest BCUT2D eigenvalue weighted by molar-refractivity contribution is 0.252. The summed E-state index contributed by atoms with van der Waals surface area (Å²) in [6, 6.07) is 5.80. The highest BCUT2D eigenvalue weighted by Crippen LogP contribution is 2.32. The molecule has 1 heterocycles. The molecule has 0 radical (unpaired) electrons. The molecule has 0 saturated carbocycles. The van der Waals surface area contributed by atoms with Gasteiger partial charge >= 0.3 is 0 Å². The summed E-state index contributed by atoms with van der Waals surface area (Å²) in [5.74, 6) is 0.263. The average Bonchev–Trinajstić information content (AvgIpc) is 2.29. The van der Waals surface area contributed by atoms with E-state index in [4.69, 9.17) is 11.6 Å². The number of nitrogens with zero attached hydrogens (tertiary/aromatic N) is 2. The summed E-state index contributed by atoms with van der Waals surface area (Å²) >= 11 is 5.84. The van der Waals surface area contributed by atoms with Crippen LogP contribution in [0.5, 0.6) is 5.75 Å². The van der Waals surface area contributed by atoms with Crippen molar-refractivity contribution in [1.29, 1.82) is 0 Å². The van der Waals surface area contributed by atoms with Gasteiger partial charge in [0.05, 0.1) is 5.69 Å². The van der Waals surface area contributed by atoms with Crippen molar-refractivity contribution in [1.82, 2.24) is 4.90 Å². The van der Waals surface area contributed by atoms with E-state index in [1.54, 1.807) is 6.07 Å². The number of rotatable bonds is 2. The first-order valence-corrected chi connectivity index (χ1v) is 6.35. The summed E-state index contributed by atoms with van der Waals surface area (Å²) in [6.45, 7) is 2.23. The standard InChI is InChI=1S/C13H19ClN2O/c1-15-7-5-11(6-8-15)16(2)12-4-3-10(14)9-13(12)17/h3-4,9,11,17H,5-8H2,1-2H3. The number of aromatic hydroxyl groups is 1. The summed E-state index contributed by atoms with van der Waals surface area (Å²) in [5, 5.41) is 10.5. The molecule has 0 bridgehead atoms. The molecule has 0 aliphatic carbocycles. The Morgan fingerprint density at radius 3 is 2.59 bits per heavy atom. The van der Waals surface area contributed by atoms with E-state index in [0.717, 1.165) is 31.6 Å². The molecule has 1 aliphatic heterocycles. The minimum absolute atomic E-state index is 0.263. The van der Waals surface area contributed by atoms with Crippen LogP contribution in [0, 0.1) is 0 Å². The lowest BCUT2D eigenvalue weighted by Gasteiger charge is -2.36. The second-order valence-electron chi connectivity index (χ2n) is 4.78. The van der Waals surface area contributed by atoms with E-state index in [0.29, 0.717) is 11.1 Å². The first-order chi connectivity index (χ1) is 8.08. The van der Waals surface area contributed by atoms with Crippen LogP contribution in [-0.2, 0) is 0 Å². The van der Waals surface area contributed by atoms with Crippen LogP contribution < -0.4 is 4.90 Å². The fourth-order valence-corrected chi connectivity index (χ4v) is 2.54. The lowest BCUT2D eigenvalue weighted by atomic mass is 10.0. The largest absolute Gasteiger partial charge is 0.506 e. The number of phenols is 1. The van der Waals surface area contributed by atoms with Crippen LogP contribution in [0.4, 0.5) is 5.69 Å². The molecule has 17 heavy (non-hydrogen) atoms. The Hall–Kier alpha value is -0.930. The number of piperidine rings is 1. The Bertz CT molecular complexity index is 389. The number of likely N-dealkylation sites (tertiary alicyclic amines) is 1. The molecule has 0 spiro atoms. The van der Waals surface area contributed by atoms with Crippen LogP contribution in [-0.4, -0.2) is 43.2 Å². The highest BCUT2D eigenvalue weighted by atomic mass is 35.5. The molecule has 3 nitrogen and oxygen atoms in total. The lowest BCUT2D eigenvalue weighted by Crippen LogP contribution is -2.41. The van der Waals surface area contributed by atoms with Crippen LogP contribution >= 0.6 is 11.6 Å². The van der Waals surface area contributed by atoms with Gasteiger partial charge in [-0.05, 0) is 45.1 Å². The van der Waals surface area contributed by atoms with E-state index in [1.165, 1.54) is 0 Å². The molecule has 0 aromatic heterocycles. The van der Waals surface area contributed by atoms with Crippen molar-refractivity contribution in [2.24, 2.45) is 0 Å². The van der Waals surface area contributed by atoms with Gasteiger partial charge in [0.15, 0.2) is 0 Å². The fourth-order valence-electron chi connectivity index (χ4n) is 2.37. The molecule has 1 aromatic rings. The maximum atomic E-state index is 9.91. The van der Waals surface area contributed by atoms with Crippen LogP contribution in [0.3, 0.4) is 0 Å². The zero-order chi connectivity index (χ0) is 12.4. The fraction of sp³-hybridized carbons (Fsp3) is 0.538. The average molecular weight is 255 g/mol. The van der Waals surface area contributed by atoms with Gasteiger partial charge in [-0.3, -0.25) is 0 Å². The van der Waals surface area contributed by atoms with Crippen molar-refractivity contribution in [2.75, 3.05) is 32.1 Å². The van der Waals surface area contributed by atoms with Gasteiger partial charge in [0.2, 0.25) is 0 Å². The Morgan fingerprint density at radius 2 is 2.00 bits per heavy atom. The number of anilines is 1. The summed E-state index contributed by atoms with van der Waals surface area (Å²) in [7, 11) is 4.19. The second kappa shape index (κ2) is 5.15. The summed E-state index contributed by atoms with van der Waals surface area (Å²) in [5.41, 5.74) is 0.865. The van der Waals surface area contributed by atoms with Crippen LogP contribution in [0.15, 0.2) is 18.2 Å². The first kappa shape index (κ1) is 12.5. The summed E-state index contributed by atoms with van der Waals surface area (Å²) < 4.78 is 0. The van der Waals surface area contributed by atoms with Gasteiger partial charge in [0.25, 0.3) is 0 Å². The molecule has 1 saturated heterocycles. The van der Waals surface area contributed by atoms with Crippen molar-refractivity contribution in [2.45, 2.75) is 18.9 Å². The quantitative estimate of drug-likeness (QED) is 0.879. The SMILES string of the molecule is CN1CCC(N(C)c2ccc(Cl)cc2O)CC1. The third-order valence-corrected chi connectivity index (χ3v) is 3.79. The predicted molar refractivity (Wildman–Crippen MR) is 72.0 cm³/mol. The number of phenolic OH excluding ortho intramolecular Hbond substituents is 1. The third kappa shape index (κ3) is 2.85. The molecular weight excluding hydrogens is 236 g/mol. The van der Waals surface area contributed by atoms with Gasteiger partial charge in [-0.2, -0.15) is 0 Å². The molecular formula is C13H19ClN2O. The van der Waals surface area contributed by atoms with E-state index < -0.39 is 0 Å². The molecule has 4 heteroatoms. The van der Waals surface area contributed by atoms with Crippen molar-refractivity contribution >= 4 is 17.3 Å². The zero-order valence-corrected chi connectivity index (χ0v) is 11.1. The zero-order valence-electron chi connectivity index (χ0n) is 10.4. The Balaban J connectivity index is 2.11. The smallest absolute Gasteiger partial charge is 0.140 e. The molecule has 1 fully saturated rings. The first-order valence-electron chi connectivity index (χ1n) is 5.98. The predicted octanol–water partition coefficient (Wildman–Crippen LogP) is 2.58. The Kier molecular flexibility index (Phi) is 3.79. The maximum Gasteiger partial charge on any atom is 0.140 e. The summed E-state index contributed by atoms with van der Waals surface area (Å²) in [6.07, 6.45) is 2.27. The third-order valence-electron chi connectivity index (χ3n) is 3.55. The van der Waals surface area contributed by atoms with Gasteiger partial charge in [0.1, 0.15) is 5.75 Å². The molecule has 1 aliphatic rings. The number of hydrogen-bond donors (Lipinski definition) is 1. The van der Waals surface area contributed by atoms with Crippen LogP contribution in [0.25, 0.3) is 0 Å². The number of halogens is 1. The number of benzene rings is 1. The van der Waals surface area contributed by atoms with Gasteiger partial charge in [-0.15, -0.1) is 0 Å². The Labute approximate surface area is 108 Å². The molecule has 1 N–H and O–H groups in total. The molecule has 1 aromatic carbocycles. The Morgan fingerprint density at radius 1 is 1.35 bits per heavy atom. The monoisotopic (exact) mass is 254 g/mol. The van der Waals surface area contributed by atoms with Gasteiger partial charge < -0.3 is 14.9 Å². The highest BCUT2D eigenvalue weighted by Gasteiger charge is 2.22. The van der Waals surface area contributed by atoms with Gasteiger partial charge in [0, 0.05) is 24.2 Å². The van der Waals surface area contributed by atoms with Crippen molar-refractivity contribution in [3.05, 3.63) is 23.2 Å². The van der Waals surface area contributed by atoms with Gasteiger partial charge in [-0.1, -0.05) is 11.6 Å². The van der Waals surface area contributed by atoms with Crippen molar-refractivity contribution in [3.8, 4) is 5.75 Å². The van der Waals surface area contributed by atoms with Crippen LogP contribution in [0.1, 0.15) is 12.8 Å². The number of hydrogen-bond acceptors (Lipinski definition) is 3. The minimum Gasteiger partial charge on any atom is -0.506 e. The molecule has 94 valence electrons.